The van der Waals surface area contributed by atoms with Gasteiger partial charge in [-0.2, -0.15) is 0 Å². The van der Waals surface area contributed by atoms with Gasteiger partial charge in [0.25, 0.3) is 0 Å². The first-order valence-electron chi connectivity index (χ1n) is 6.02. The van der Waals surface area contributed by atoms with E-state index in [-0.39, 0.29) is 0 Å². The molecule has 2 N–H and O–H groups in total. The maximum atomic E-state index is 5.83. The van der Waals surface area contributed by atoms with Gasteiger partial charge in [0.1, 0.15) is 0 Å². The van der Waals surface area contributed by atoms with Crippen LogP contribution in [0.15, 0.2) is 0 Å². The molecule has 2 aliphatic rings. The fourth-order valence-electron chi connectivity index (χ4n) is 2.75. The van der Waals surface area contributed by atoms with E-state index in [1.807, 2.05) is 0 Å². The Morgan fingerprint density at radius 3 is 2.29 bits per heavy atom. The van der Waals surface area contributed by atoms with Crippen molar-refractivity contribution in [2.75, 3.05) is 19.6 Å². The summed E-state index contributed by atoms with van der Waals surface area (Å²) in [7, 11) is 0. The lowest BCUT2D eigenvalue weighted by Gasteiger charge is -2.27. The van der Waals surface area contributed by atoms with Crippen molar-refractivity contribution in [3.63, 3.8) is 0 Å². The van der Waals surface area contributed by atoms with Crippen LogP contribution in [0.25, 0.3) is 0 Å². The number of hydrogen-bond donors (Lipinski definition) is 1. The standard InChI is InChI=1S/C12H24N2/c1-9-6-14(11(3)10(9)2)8-12(7-13)4-5-12/h9-11H,4-8,13H2,1-3H3. The van der Waals surface area contributed by atoms with Crippen LogP contribution in [0.4, 0.5) is 0 Å². The van der Waals surface area contributed by atoms with Crippen molar-refractivity contribution in [2.45, 2.75) is 39.7 Å². The van der Waals surface area contributed by atoms with Crippen LogP contribution in [0.1, 0.15) is 33.6 Å². The third kappa shape index (κ3) is 1.70. The van der Waals surface area contributed by atoms with Crippen LogP contribution in [0, 0.1) is 17.3 Å². The van der Waals surface area contributed by atoms with Crippen LogP contribution in [0.2, 0.25) is 0 Å². The molecule has 0 radical (unpaired) electrons. The average Bonchev–Trinajstić information content (AvgIpc) is 2.90. The predicted octanol–water partition coefficient (Wildman–Crippen LogP) is 1.70. The molecule has 0 bridgehead atoms. The highest BCUT2D eigenvalue weighted by Gasteiger charge is 2.45. The van der Waals surface area contributed by atoms with Gasteiger partial charge in [0.15, 0.2) is 0 Å². The molecule has 2 fully saturated rings. The molecule has 82 valence electrons. The normalized spacial score (nSPS) is 41.6. The zero-order valence-corrected chi connectivity index (χ0v) is 9.79. The summed E-state index contributed by atoms with van der Waals surface area (Å²) in [6, 6.07) is 0.758. The molecule has 3 atom stereocenters. The Morgan fingerprint density at radius 1 is 1.29 bits per heavy atom. The number of rotatable bonds is 3. The van der Waals surface area contributed by atoms with E-state index in [4.69, 9.17) is 5.73 Å². The summed E-state index contributed by atoms with van der Waals surface area (Å²) in [5.41, 5.74) is 6.35. The highest BCUT2D eigenvalue weighted by atomic mass is 15.2. The van der Waals surface area contributed by atoms with Gasteiger partial charge in [0.2, 0.25) is 0 Å². The minimum Gasteiger partial charge on any atom is -0.330 e. The lowest BCUT2D eigenvalue weighted by Crippen LogP contribution is -2.37. The van der Waals surface area contributed by atoms with E-state index in [1.54, 1.807) is 0 Å². The maximum absolute atomic E-state index is 5.83. The molecule has 3 unspecified atom stereocenters. The summed E-state index contributed by atoms with van der Waals surface area (Å²) < 4.78 is 0. The second-order valence-corrected chi connectivity index (χ2v) is 5.71. The summed E-state index contributed by atoms with van der Waals surface area (Å²) in [6.45, 7) is 10.6. The van der Waals surface area contributed by atoms with Crippen LogP contribution in [-0.2, 0) is 0 Å². The zero-order valence-electron chi connectivity index (χ0n) is 9.79. The number of nitrogens with two attached hydrogens (primary N) is 1. The highest BCUT2D eigenvalue weighted by molar-refractivity contribution is 4.99. The lowest BCUT2D eigenvalue weighted by atomic mass is 9.95. The lowest BCUT2D eigenvalue weighted by molar-refractivity contribution is 0.202. The summed E-state index contributed by atoms with van der Waals surface area (Å²) >= 11 is 0. The first-order valence-corrected chi connectivity index (χ1v) is 6.02. The Labute approximate surface area is 87.8 Å². The highest BCUT2D eigenvalue weighted by Crippen LogP contribution is 2.46. The largest absolute Gasteiger partial charge is 0.330 e. The van der Waals surface area contributed by atoms with E-state index in [1.165, 1.54) is 25.9 Å². The molecule has 1 saturated carbocycles. The maximum Gasteiger partial charge on any atom is 0.00959 e. The molecule has 1 aliphatic heterocycles. The fourth-order valence-corrected chi connectivity index (χ4v) is 2.75. The third-order valence-corrected chi connectivity index (χ3v) is 4.69. The molecule has 1 aliphatic carbocycles. The molecular weight excluding hydrogens is 172 g/mol. The van der Waals surface area contributed by atoms with Crippen LogP contribution in [0.3, 0.4) is 0 Å². The predicted molar refractivity (Wildman–Crippen MR) is 60.1 cm³/mol. The SMILES string of the molecule is CC1CN(CC2(CN)CC2)C(C)C1C. The van der Waals surface area contributed by atoms with E-state index in [0.29, 0.717) is 5.41 Å². The quantitative estimate of drug-likeness (QED) is 0.744. The minimum absolute atomic E-state index is 0.512. The van der Waals surface area contributed by atoms with E-state index in [9.17, 15) is 0 Å². The molecule has 0 aromatic rings. The monoisotopic (exact) mass is 196 g/mol. The van der Waals surface area contributed by atoms with Crippen LogP contribution in [-0.4, -0.2) is 30.6 Å². The molecular formula is C12H24N2. The van der Waals surface area contributed by atoms with Crippen molar-refractivity contribution >= 4 is 0 Å². The van der Waals surface area contributed by atoms with Crippen molar-refractivity contribution in [1.82, 2.24) is 4.90 Å². The van der Waals surface area contributed by atoms with E-state index >= 15 is 0 Å². The van der Waals surface area contributed by atoms with Gasteiger partial charge in [-0.15, -0.1) is 0 Å². The number of hydrogen-bond acceptors (Lipinski definition) is 2. The molecule has 2 rings (SSSR count). The molecule has 0 spiro atoms. The van der Waals surface area contributed by atoms with E-state index < -0.39 is 0 Å². The van der Waals surface area contributed by atoms with Crippen LogP contribution in [0.5, 0.6) is 0 Å². The molecule has 0 aromatic carbocycles. The molecule has 2 nitrogen and oxygen atoms in total. The molecule has 0 aromatic heterocycles. The van der Waals surface area contributed by atoms with Gasteiger partial charge >= 0.3 is 0 Å². The van der Waals surface area contributed by atoms with Gasteiger partial charge in [-0.3, -0.25) is 4.90 Å². The minimum atomic E-state index is 0.512. The summed E-state index contributed by atoms with van der Waals surface area (Å²) in [5.74, 6) is 1.71. The van der Waals surface area contributed by atoms with Crippen LogP contribution >= 0.6 is 0 Å². The first kappa shape index (κ1) is 10.4. The summed E-state index contributed by atoms with van der Waals surface area (Å²) in [4.78, 5) is 2.66. The van der Waals surface area contributed by atoms with Crippen molar-refractivity contribution in [3.05, 3.63) is 0 Å². The summed E-state index contributed by atoms with van der Waals surface area (Å²) in [5, 5.41) is 0. The van der Waals surface area contributed by atoms with Gasteiger partial charge in [-0.25, -0.2) is 0 Å². The Balaban J connectivity index is 1.93. The van der Waals surface area contributed by atoms with Crippen molar-refractivity contribution < 1.29 is 0 Å². The van der Waals surface area contributed by atoms with Crippen LogP contribution < -0.4 is 5.73 Å². The Hall–Kier alpha value is -0.0800. The van der Waals surface area contributed by atoms with Gasteiger partial charge in [-0.1, -0.05) is 13.8 Å². The first-order chi connectivity index (χ1) is 6.58. The van der Waals surface area contributed by atoms with Gasteiger partial charge < -0.3 is 5.73 Å². The van der Waals surface area contributed by atoms with Gasteiger partial charge in [-0.05, 0) is 43.6 Å². The van der Waals surface area contributed by atoms with Crippen molar-refractivity contribution in [2.24, 2.45) is 23.0 Å². The Kier molecular flexibility index (Phi) is 2.61. The van der Waals surface area contributed by atoms with Gasteiger partial charge in [0, 0.05) is 19.1 Å². The fraction of sp³-hybridized carbons (Fsp3) is 1.00. The third-order valence-electron chi connectivity index (χ3n) is 4.69. The number of likely N-dealkylation sites (tertiary alicyclic amines) is 1. The second kappa shape index (κ2) is 3.49. The Bertz CT molecular complexity index is 210. The van der Waals surface area contributed by atoms with Crippen molar-refractivity contribution in [1.29, 1.82) is 0 Å². The van der Waals surface area contributed by atoms with E-state index in [0.717, 1.165) is 24.4 Å². The second-order valence-electron chi connectivity index (χ2n) is 5.71. The molecule has 1 heterocycles. The molecule has 2 heteroatoms. The smallest absolute Gasteiger partial charge is 0.00959 e. The molecule has 1 saturated heterocycles. The van der Waals surface area contributed by atoms with Crippen molar-refractivity contribution in [3.8, 4) is 0 Å². The van der Waals surface area contributed by atoms with E-state index in [2.05, 4.69) is 25.7 Å². The summed E-state index contributed by atoms with van der Waals surface area (Å²) in [6.07, 6.45) is 2.71. The van der Waals surface area contributed by atoms with Gasteiger partial charge in [0.05, 0.1) is 0 Å². The topological polar surface area (TPSA) is 29.3 Å². The average molecular weight is 196 g/mol. The Morgan fingerprint density at radius 2 is 1.93 bits per heavy atom. The zero-order chi connectivity index (χ0) is 10.3. The molecule has 14 heavy (non-hydrogen) atoms. The molecule has 0 amide bonds. The number of nitrogens with zero attached hydrogens (tertiary/aromatic N) is 1.